The Morgan fingerprint density at radius 1 is 1.11 bits per heavy atom. The fourth-order valence-electron chi connectivity index (χ4n) is 3.94. The molecular weight excluding hydrogens is 472 g/mol. The van der Waals surface area contributed by atoms with E-state index in [2.05, 4.69) is 10.6 Å². The number of nitrogens with zero attached hydrogens (tertiary/aromatic N) is 1. The van der Waals surface area contributed by atoms with Gasteiger partial charge in [0.25, 0.3) is 0 Å². The molecule has 3 atom stereocenters. The Hall–Kier alpha value is -3.10. The van der Waals surface area contributed by atoms with Crippen LogP contribution in [0.4, 0.5) is 4.79 Å². The van der Waals surface area contributed by atoms with Crippen LogP contribution in [0.2, 0.25) is 0 Å². The number of hydrogen-bond acceptors (Lipinski definition) is 5. The van der Waals surface area contributed by atoms with Crippen LogP contribution in [0.15, 0.2) is 18.2 Å². The van der Waals surface area contributed by atoms with Gasteiger partial charge in [0.15, 0.2) is 0 Å². The van der Waals surface area contributed by atoms with Crippen LogP contribution in [0, 0.1) is 13.8 Å². The molecular formula is C28H46N4O5. The van der Waals surface area contributed by atoms with E-state index >= 15 is 0 Å². The lowest BCUT2D eigenvalue weighted by atomic mass is 9.93. The predicted molar refractivity (Wildman–Crippen MR) is 145 cm³/mol. The lowest BCUT2D eigenvalue weighted by molar-refractivity contribution is -0.145. The van der Waals surface area contributed by atoms with E-state index in [1.165, 1.54) is 4.90 Å². The number of amides is 4. The summed E-state index contributed by atoms with van der Waals surface area (Å²) in [5.41, 5.74) is 7.21. The molecule has 9 heteroatoms. The zero-order valence-electron chi connectivity index (χ0n) is 23.8. The van der Waals surface area contributed by atoms with E-state index < -0.39 is 35.6 Å². The third-order valence-electron chi connectivity index (χ3n) is 6.29. The van der Waals surface area contributed by atoms with Crippen molar-refractivity contribution < 1.29 is 23.9 Å². The van der Waals surface area contributed by atoms with Crippen LogP contribution >= 0.6 is 0 Å². The van der Waals surface area contributed by atoms with Crippen LogP contribution in [-0.4, -0.2) is 52.9 Å². The minimum Gasteiger partial charge on any atom is -0.444 e. The van der Waals surface area contributed by atoms with Gasteiger partial charge < -0.3 is 26.0 Å². The summed E-state index contributed by atoms with van der Waals surface area (Å²) in [6.07, 6.45) is 1.38. The number of carbonyl (C=O) groups excluding carboxylic acids is 4. The molecule has 208 valence electrons. The van der Waals surface area contributed by atoms with Gasteiger partial charge in [0.1, 0.15) is 17.7 Å². The monoisotopic (exact) mass is 518 g/mol. The van der Waals surface area contributed by atoms with E-state index in [1.54, 1.807) is 20.8 Å². The van der Waals surface area contributed by atoms with Crippen molar-refractivity contribution in [2.24, 2.45) is 5.73 Å². The van der Waals surface area contributed by atoms with Crippen molar-refractivity contribution in [2.75, 3.05) is 6.54 Å². The number of carbonyl (C=O) groups is 4. The largest absolute Gasteiger partial charge is 0.444 e. The van der Waals surface area contributed by atoms with Gasteiger partial charge in [0.2, 0.25) is 17.7 Å². The van der Waals surface area contributed by atoms with Crippen molar-refractivity contribution in [1.29, 1.82) is 0 Å². The third kappa shape index (κ3) is 10.1. The molecule has 0 radical (unpaired) electrons. The second kappa shape index (κ2) is 14.6. The SMILES string of the molecule is CCCCNC(=O)C(c1cccc(C)c1C)N(C(=O)C(CCC(N)=O)NC(=O)OC(C)(C)C)C(C)CC. The maximum atomic E-state index is 14.1. The first-order chi connectivity index (χ1) is 17.2. The number of benzene rings is 1. The first kappa shape index (κ1) is 31.9. The van der Waals surface area contributed by atoms with E-state index in [9.17, 15) is 19.2 Å². The van der Waals surface area contributed by atoms with Crippen molar-refractivity contribution in [2.45, 2.75) is 111 Å². The topological polar surface area (TPSA) is 131 Å². The van der Waals surface area contributed by atoms with E-state index in [-0.39, 0.29) is 24.8 Å². The summed E-state index contributed by atoms with van der Waals surface area (Å²) in [7, 11) is 0. The maximum absolute atomic E-state index is 14.1. The molecule has 1 aromatic rings. The Morgan fingerprint density at radius 3 is 2.30 bits per heavy atom. The molecule has 3 unspecified atom stereocenters. The standard InChI is InChI=1S/C28H46N4O5/c1-9-11-17-30-25(34)24(21-14-12-13-18(3)20(21)5)32(19(4)10-2)26(35)22(15-16-23(29)33)31-27(36)37-28(6,7)8/h12-14,19,22,24H,9-11,15-17H2,1-8H3,(H2,29,33)(H,30,34)(H,31,36). The fraction of sp³-hybridized carbons (Fsp3) is 0.643. The second-order valence-electron chi connectivity index (χ2n) is 10.5. The summed E-state index contributed by atoms with van der Waals surface area (Å²) < 4.78 is 5.37. The molecule has 0 spiro atoms. The third-order valence-corrected chi connectivity index (χ3v) is 6.29. The number of alkyl carbamates (subject to hydrolysis) is 1. The first-order valence-electron chi connectivity index (χ1n) is 13.2. The Balaban J connectivity index is 3.58. The highest BCUT2D eigenvalue weighted by atomic mass is 16.6. The molecule has 0 saturated carbocycles. The number of hydrogen-bond donors (Lipinski definition) is 3. The van der Waals surface area contributed by atoms with Crippen LogP contribution in [0.1, 0.15) is 96.4 Å². The van der Waals surface area contributed by atoms with Crippen molar-refractivity contribution in [3.05, 3.63) is 34.9 Å². The summed E-state index contributed by atoms with van der Waals surface area (Å²) in [5, 5.41) is 5.61. The van der Waals surface area contributed by atoms with E-state index in [1.807, 2.05) is 52.8 Å². The maximum Gasteiger partial charge on any atom is 0.408 e. The van der Waals surface area contributed by atoms with Gasteiger partial charge in [-0.05, 0) is 77.5 Å². The molecule has 0 bridgehead atoms. The molecule has 0 saturated heterocycles. The summed E-state index contributed by atoms with van der Waals surface area (Å²) in [6.45, 7) is 15.4. The summed E-state index contributed by atoms with van der Waals surface area (Å²) in [6, 6.07) is 3.32. The van der Waals surface area contributed by atoms with Crippen LogP contribution in [-0.2, 0) is 19.1 Å². The Labute approximate surface area is 221 Å². The lowest BCUT2D eigenvalue weighted by Gasteiger charge is -2.39. The second-order valence-corrected chi connectivity index (χ2v) is 10.5. The van der Waals surface area contributed by atoms with Crippen molar-refractivity contribution in [3.63, 3.8) is 0 Å². The quantitative estimate of drug-likeness (QED) is 0.339. The van der Waals surface area contributed by atoms with Gasteiger partial charge in [-0.25, -0.2) is 4.79 Å². The van der Waals surface area contributed by atoms with Gasteiger partial charge in [0.05, 0.1) is 0 Å². The van der Waals surface area contributed by atoms with Crippen LogP contribution < -0.4 is 16.4 Å². The molecule has 1 rings (SSSR count). The molecule has 0 aliphatic rings. The van der Waals surface area contributed by atoms with Gasteiger partial charge in [-0.1, -0.05) is 38.5 Å². The van der Waals surface area contributed by atoms with Gasteiger partial charge in [-0.2, -0.15) is 0 Å². The van der Waals surface area contributed by atoms with Gasteiger partial charge in [-0.3, -0.25) is 14.4 Å². The fourth-order valence-corrected chi connectivity index (χ4v) is 3.94. The highest BCUT2D eigenvalue weighted by Gasteiger charge is 2.39. The smallest absolute Gasteiger partial charge is 0.408 e. The van der Waals surface area contributed by atoms with Crippen molar-refractivity contribution >= 4 is 23.8 Å². The van der Waals surface area contributed by atoms with Crippen molar-refractivity contribution in [1.82, 2.24) is 15.5 Å². The van der Waals surface area contributed by atoms with Gasteiger partial charge >= 0.3 is 6.09 Å². The zero-order valence-corrected chi connectivity index (χ0v) is 23.8. The zero-order chi connectivity index (χ0) is 28.3. The van der Waals surface area contributed by atoms with Crippen LogP contribution in [0.3, 0.4) is 0 Å². The first-order valence-corrected chi connectivity index (χ1v) is 13.2. The number of nitrogens with one attached hydrogen (secondary N) is 2. The van der Waals surface area contributed by atoms with E-state index in [0.29, 0.717) is 18.5 Å². The van der Waals surface area contributed by atoms with Crippen molar-refractivity contribution in [3.8, 4) is 0 Å². The number of ether oxygens (including phenoxy) is 1. The van der Waals surface area contributed by atoms with E-state index in [4.69, 9.17) is 10.5 Å². The van der Waals surface area contributed by atoms with Crippen LogP contribution in [0.5, 0.6) is 0 Å². The molecule has 0 heterocycles. The van der Waals surface area contributed by atoms with E-state index in [0.717, 1.165) is 24.0 Å². The molecule has 4 N–H and O–H groups in total. The highest BCUT2D eigenvalue weighted by Crippen LogP contribution is 2.30. The molecule has 4 amide bonds. The number of unbranched alkanes of at least 4 members (excludes halogenated alkanes) is 1. The van der Waals surface area contributed by atoms with Gasteiger partial charge in [-0.15, -0.1) is 0 Å². The van der Waals surface area contributed by atoms with Crippen LogP contribution in [0.25, 0.3) is 0 Å². The number of primary amides is 1. The molecule has 9 nitrogen and oxygen atoms in total. The predicted octanol–water partition coefficient (Wildman–Crippen LogP) is 4.05. The molecule has 0 aliphatic heterocycles. The highest BCUT2D eigenvalue weighted by molar-refractivity contribution is 5.93. The molecule has 0 fully saturated rings. The molecule has 37 heavy (non-hydrogen) atoms. The summed E-state index contributed by atoms with van der Waals surface area (Å²) in [4.78, 5) is 53.5. The number of nitrogens with two attached hydrogens (primary N) is 1. The summed E-state index contributed by atoms with van der Waals surface area (Å²) in [5.74, 6) is -1.36. The lowest BCUT2D eigenvalue weighted by Crippen LogP contribution is -2.55. The Kier molecular flexibility index (Phi) is 12.6. The molecule has 1 aromatic carbocycles. The Morgan fingerprint density at radius 2 is 1.76 bits per heavy atom. The van der Waals surface area contributed by atoms with Gasteiger partial charge in [0, 0.05) is 19.0 Å². The number of aryl methyl sites for hydroxylation is 1. The molecule has 0 aromatic heterocycles. The number of rotatable bonds is 13. The normalized spacial score (nSPS) is 13.7. The summed E-state index contributed by atoms with van der Waals surface area (Å²) >= 11 is 0. The minimum atomic E-state index is -1.10. The Bertz CT molecular complexity index is 941. The average molecular weight is 519 g/mol. The molecule has 0 aliphatic carbocycles. The minimum absolute atomic E-state index is 0.0166. The average Bonchev–Trinajstić information content (AvgIpc) is 2.80.